The third kappa shape index (κ3) is 3.34. The average Bonchev–Trinajstić information content (AvgIpc) is 3.49. The first-order valence-corrected chi connectivity index (χ1v) is 11.2. The van der Waals surface area contributed by atoms with E-state index in [4.69, 9.17) is 4.98 Å². The van der Waals surface area contributed by atoms with Crippen molar-refractivity contribution in [2.24, 2.45) is 0 Å². The normalized spacial score (nSPS) is 18.4. The van der Waals surface area contributed by atoms with Crippen molar-refractivity contribution in [1.29, 1.82) is 0 Å². The Hall–Kier alpha value is -3.03. The van der Waals surface area contributed by atoms with E-state index in [0.29, 0.717) is 6.04 Å². The highest BCUT2D eigenvalue weighted by atomic mass is 15.3. The molecule has 0 atom stereocenters. The van der Waals surface area contributed by atoms with E-state index in [1.807, 2.05) is 23.1 Å². The van der Waals surface area contributed by atoms with Gasteiger partial charge in [-0.15, -0.1) is 0 Å². The van der Waals surface area contributed by atoms with E-state index in [-0.39, 0.29) is 0 Å². The molecule has 2 saturated heterocycles. The second kappa shape index (κ2) is 7.59. The highest BCUT2D eigenvalue weighted by Gasteiger charge is 2.26. The number of benzene rings is 1. The van der Waals surface area contributed by atoms with Gasteiger partial charge in [0.25, 0.3) is 0 Å². The van der Waals surface area contributed by atoms with Crippen LogP contribution >= 0.6 is 0 Å². The van der Waals surface area contributed by atoms with Crippen molar-refractivity contribution in [3.8, 4) is 11.1 Å². The number of piperidine rings is 1. The van der Waals surface area contributed by atoms with E-state index in [1.165, 1.54) is 24.9 Å². The van der Waals surface area contributed by atoms with Crippen LogP contribution in [0.2, 0.25) is 0 Å². The van der Waals surface area contributed by atoms with Crippen LogP contribution in [-0.4, -0.2) is 63.4 Å². The Morgan fingerprint density at radius 3 is 2.74 bits per heavy atom. The summed E-state index contributed by atoms with van der Waals surface area (Å²) in [4.78, 5) is 14.4. The number of aromatic nitrogens is 4. The van der Waals surface area contributed by atoms with Gasteiger partial charge in [-0.25, -0.2) is 9.50 Å². The number of anilines is 1. The van der Waals surface area contributed by atoms with Crippen LogP contribution in [0, 0.1) is 6.92 Å². The largest absolute Gasteiger partial charge is 0.369 e. The lowest BCUT2D eigenvalue weighted by Gasteiger charge is -2.37. The van der Waals surface area contributed by atoms with Crippen LogP contribution < -0.4 is 10.2 Å². The van der Waals surface area contributed by atoms with Crippen LogP contribution in [0.5, 0.6) is 0 Å². The highest BCUT2D eigenvalue weighted by Crippen LogP contribution is 2.31. The third-order valence-electron chi connectivity index (χ3n) is 6.77. The first-order chi connectivity index (χ1) is 15.3. The smallest absolute Gasteiger partial charge is 0.162 e. The fourth-order valence-electron chi connectivity index (χ4n) is 5.04. The predicted octanol–water partition coefficient (Wildman–Crippen LogP) is 3.08. The fraction of sp³-hybridized carbons (Fsp3) is 0.375. The maximum atomic E-state index is 4.84. The van der Waals surface area contributed by atoms with Crippen LogP contribution in [0.15, 0.2) is 49.1 Å². The Balaban J connectivity index is 1.29. The summed E-state index contributed by atoms with van der Waals surface area (Å²) in [7, 11) is 0. The van der Waals surface area contributed by atoms with Crippen LogP contribution in [0.25, 0.3) is 27.7 Å². The van der Waals surface area contributed by atoms with Gasteiger partial charge in [-0.1, -0.05) is 11.6 Å². The number of pyridine rings is 1. The second-order valence-corrected chi connectivity index (χ2v) is 8.71. The molecular weight excluding hydrogens is 386 g/mol. The lowest BCUT2D eigenvalue weighted by Crippen LogP contribution is -2.44. The van der Waals surface area contributed by atoms with Crippen molar-refractivity contribution < 1.29 is 0 Å². The quantitative estimate of drug-likeness (QED) is 0.557. The van der Waals surface area contributed by atoms with Crippen LogP contribution in [0.3, 0.4) is 0 Å². The number of hydrogen-bond acceptors (Lipinski definition) is 6. The van der Waals surface area contributed by atoms with Crippen molar-refractivity contribution in [1.82, 2.24) is 29.8 Å². The minimum absolute atomic E-state index is 0.697. The molecule has 0 saturated carbocycles. The van der Waals surface area contributed by atoms with Gasteiger partial charge in [0.15, 0.2) is 5.65 Å². The average molecular weight is 414 g/mol. The van der Waals surface area contributed by atoms with Gasteiger partial charge >= 0.3 is 0 Å². The molecule has 2 fully saturated rings. The molecule has 1 aromatic carbocycles. The molecule has 7 heteroatoms. The molecule has 1 N–H and O–H groups in total. The van der Waals surface area contributed by atoms with Crippen molar-refractivity contribution in [2.45, 2.75) is 25.8 Å². The molecule has 6 rings (SSSR count). The number of rotatable bonds is 3. The molecule has 7 nitrogen and oxygen atoms in total. The third-order valence-corrected chi connectivity index (χ3v) is 6.77. The molecule has 2 aliphatic heterocycles. The lowest BCUT2D eigenvalue weighted by molar-refractivity contribution is 0.206. The Labute approximate surface area is 181 Å². The maximum Gasteiger partial charge on any atom is 0.162 e. The van der Waals surface area contributed by atoms with E-state index < -0.39 is 0 Å². The van der Waals surface area contributed by atoms with Crippen molar-refractivity contribution in [3.05, 3.63) is 54.6 Å². The van der Waals surface area contributed by atoms with Gasteiger partial charge in [-0.05, 0) is 43.5 Å². The van der Waals surface area contributed by atoms with Gasteiger partial charge in [0, 0.05) is 56.0 Å². The van der Waals surface area contributed by atoms with E-state index in [1.54, 1.807) is 0 Å². The van der Waals surface area contributed by atoms with Crippen molar-refractivity contribution in [2.75, 3.05) is 37.7 Å². The van der Waals surface area contributed by atoms with Gasteiger partial charge in [-0.2, -0.15) is 5.10 Å². The molecule has 0 unspecified atom stereocenters. The van der Waals surface area contributed by atoms with Crippen LogP contribution in [0.1, 0.15) is 18.4 Å². The van der Waals surface area contributed by atoms with E-state index in [0.717, 1.165) is 59.7 Å². The van der Waals surface area contributed by atoms with Crippen LogP contribution in [0.4, 0.5) is 5.69 Å². The number of fused-ring (bicyclic) bond motifs is 2. The fourth-order valence-corrected chi connectivity index (χ4v) is 5.04. The first-order valence-electron chi connectivity index (χ1n) is 11.2. The molecule has 0 spiro atoms. The van der Waals surface area contributed by atoms with Gasteiger partial charge in [0.1, 0.15) is 0 Å². The molecule has 0 radical (unpaired) electrons. The zero-order valence-electron chi connectivity index (χ0n) is 17.8. The summed E-state index contributed by atoms with van der Waals surface area (Å²) in [6.45, 7) is 7.58. The minimum atomic E-state index is 0.697. The van der Waals surface area contributed by atoms with Gasteiger partial charge in [0.05, 0.1) is 29.8 Å². The summed E-state index contributed by atoms with van der Waals surface area (Å²) in [5, 5.41) is 9.24. The summed E-state index contributed by atoms with van der Waals surface area (Å²) in [6, 6.07) is 9.13. The molecule has 158 valence electrons. The zero-order valence-corrected chi connectivity index (χ0v) is 17.8. The summed E-state index contributed by atoms with van der Waals surface area (Å²) >= 11 is 0. The first kappa shape index (κ1) is 18.7. The summed E-state index contributed by atoms with van der Waals surface area (Å²) < 4.78 is 1.92. The van der Waals surface area contributed by atoms with Crippen LogP contribution in [-0.2, 0) is 0 Å². The number of nitrogens with zero attached hydrogens (tertiary/aromatic N) is 6. The molecule has 0 bridgehead atoms. The van der Waals surface area contributed by atoms with Crippen molar-refractivity contribution >= 4 is 22.2 Å². The van der Waals surface area contributed by atoms with E-state index in [2.05, 4.69) is 62.6 Å². The molecule has 31 heavy (non-hydrogen) atoms. The number of hydrogen-bond donors (Lipinski definition) is 1. The Bertz CT molecular complexity index is 1230. The number of aryl methyl sites for hydroxylation is 1. The zero-order chi connectivity index (χ0) is 20.8. The molecule has 5 heterocycles. The summed E-state index contributed by atoms with van der Waals surface area (Å²) in [5.41, 5.74) is 6.43. The second-order valence-electron chi connectivity index (χ2n) is 8.71. The Kier molecular flexibility index (Phi) is 4.58. The lowest BCUT2D eigenvalue weighted by atomic mass is 10.0. The molecule has 3 aromatic heterocycles. The van der Waals surface area contributed by atoms with Crippen molar-refractivity contribution in [3.63, 3.8) is 0 Å². The predicted molar refractivity (Wildman–Crippen MR) is 123 cm³/mol. The van der Waals surface area contributed by atoms with Gasteiger partial charge in [-0.3, -0.25) is 9.88 Å². The van der Waals surface area contributed by atoms with E-state index in [9.17, 15) is 0 Å². The number of nitrogens with one attached hydrogen (secondary N) is 1. The van der Waals surface area contributed by atoms with Gasteiger partial charge < -0.3 is 10.2 Å². The topological polar surface area (TPSA) is 61.6 Å². The standard InChI is InChI=1S/C24H27N7/c1-17-2-3-23-21(12-17)20(4-7-26-23)22-14-28-31-15-19(13-27-24(22)31)29-9-5-18(6-10-29)30-11-8-25-16-30/h2-4,7,12-15,18,25H,5-6,8-11,16H2,1H3. The van der Waals surface area contributed by atoms with E-state index >= 15 is 0 Å². The minimum Gasteiger partial charge on any atom is -0.369 e. The molecule has 0 aliphatic carbocycles. The summed E-state index contributed by atoms with van der Waals surface area (Å²) in [5.74, 6) is 0. The Morgan fingerprint density at radius 2 is 1.90 bits per heavy atom. The summed E-state index contributed by atoms with van der Waals surface area (Å²) in [6.07, 6.45) is 10.3. The molecule has 4 aromatic rings. The SMILES string of the molecule is Cc1ccc2nccc(-c3cnn4cc(N5CCC(N6CCNC6)CC5)cnc34)c2c1. The Morgan fingerprint density at radius 1 is 1.00 bits per heavy atom. The monoisotopic (exact) mass is 413 g/mol. The molecule has 2 aliphatic rings. The van der Waals surface area contributed by atoms with Gasteiger partial charge in [0.2, 0.25) is 0 Å². The molecule has 0 amide bonds. The molecular formula is C24H27N7. The highest BCUT2D eigenvalue weighted by molar-refractivity contribution is 5.97. The maximum absolute atomic E-state index is 4.84.